The third-order valence-corrected chi connectivity index (χ3v) is 5.10. The zero-order valence-corrected chi connectivity index (χ0v) is 13.0. The summed E-state index contributed by atoms with van der Waals surface area (Å²) >= 11 is 0. The van der Waals surface area contributed by atoms with Crippen LogP contribution in [0, 0.1) is 11.7 Å². The average molecular weight is 348 g/mol. The summed E-state index contributed by atoms with van der Waals surface area (Å²) in [6.07, 6.45) is -6.13. The van der Waals surface area contributed by atoms with Gasteiger partial charge in [0.2, 0.25) is 0 Å². The Labute approximate surface area is 135 Å². The Morgan fingerprint density at radius 1 is 1.38 bits per heavy atom. The number of carbonyl (C=O) groups is 1. The topological polar surface area (TPSA) is 55.8 Å². The Balaban J connectivity index is 2.13. The van der Waals surface area contributed by atoms with E-state index in [1.54, 1.807) is 0 Å². The Bertz CT molecular complexity index is 687. The van der Waals surface area contributed by atoms with Crippen molar-refractivity contribution in [3.63, 3.8) is 0 Å². The number of ether oxygens (including phenoxy) is 2. The van der Waals surface area contributed by atoms with E-state index >= 15 is 0 Å². The number of halogens is 4. The predicted octanol–water partition coefficient (Wildman–Crippen LogP) is 3.28. The first-order valence-corrected chi connectivity index (χ1v) is 7.49. The van der Waals surface area contributed by atoms with Crippen molar-refractivity contribution in [2.45, 2.75) is 44.1 Å². The van der Waals surface area contributed by atoms with E-state index in [9.17, 15) is 27.5 Å². The Kier molecular flexibility index (Phi) is 3.78. The lowest BCUT2D eigenvalue weighted by molar-refractivity contribution is -0.273. The summed E-state index contributed by atoms with van der Waals surface area (Å²) in [5.74, 6) is -4.13. The molecule has 1 aromatic rings. The zero-order chi connectivity index (χ0) is 17.9. The van der Waals surface area contributed by atoms with Crippen molar-refractivity contribution >= 4 is 5.97 Å². The van der Waals surface area contributed by atoms with Gasteiger partial charge < -0.3 is 14.6 Å². The molecular formula is C16H16F4O4. The molecule has 0 amide bonds. The molecule has 2 aliphatic rings. The summed E-state index contributed by atoms with van der Waals surface area (Å²) in [5.41, 5.74) is -2.10. The van der Waals surface area contributed by atoms with Crippen LogP contribution >= 0.6 is 0 Å². The molecule has 3 rings (SSSR count). The third kappa shape index (κ3) is 2.27. The highest BCUT2D eigenvalue weighted by atomic mass is 19.4. The van der Waals surface area contributed by atoms with Gasteiger partial charge in [0.05, 0.1) is 6.61 Å². The number of carboxylic acids is 1. The molecular weight excluding hydrogens is 332 g/mol. The van der Waals surface area contributed by atoms with Crippen molar-refractivity contribution in [3.05, 3.63) is 29.1 Å². The van der Waals surface area contributed by atoms with Crippen molar-refractivity contribution in [1.29, 1.82) is 0 Å². The first kappa shape index (κ1) is 17.0. The molecule has 0 aliphatic carbocycles. The van der Waals surface area contributed by atoms with Gasteiger partial charge >= 0.3 is 12.1 Å². The molecule has 2 aliphatic heterocycles. The fourth-order valence-electron chi connectivity index (χ4n) is 3.55. The first-order valence-electron chi connectivity index (χ1n) is 7.49. The normalized spacial score (nSPS) is 32.5. The van der Waals surface area contributed by atoms with Gasteiger partial charge in [-0.15, -0.1) is 0 Å². The quantitative estimate of drug-likeness (QED) is 0.834. The van der Waals surface area contributed by atoms with Crippen LogP contribution in [-0.2, 0) is 16.0 Å². The van der Waals surface area contributed by atoms with Crippen molar-refractivity contribution < 1.29 is 36.9 Å². The predicted molar refractivity (Wildman–Crippen MR) is 74.5 cm³/mol. The molecule has 1 saturated heterocycles. The highest BCUT2D eigenvalue weighted by Crippen LogP contribution is 2.55. The van der Waals surface area contributed by atoms with E-state index in [0.29, 0.717) is 6.42 Å². The van der Waals surface area contributed by atoms with Gasteiger partial charge in [-0.2, -0.15) is 13.2 Å². The number of aliphatic carboxylic acids is 1. The van der Waals surface area contributed by atoms with Crippen LogP contribution in [0.15, 0.2) is 12.1 Å². The maximum absolute atomic E-state index is 13.8. The smallest absolute Gasteiger partial charge is 0.417 e. The van der Waals surface area contributed by atoms with E-state index in [4.69, 9.17) is 9.47 Å². The van der Waals surface area contributed by atoms with Crippen LogP contribution in [0.4, 0.5) is 17.6 Å². The van der Waals surface area contributed by atoms with Gasteiger partial charge in [0.1, 0.15) is 11.6 Å². The second kappa shape index (κ2) is 5.34. The van der Waals surface area contributed by atoms with Gasteiger partial charge in [0.15, 0.2) is 11.7 Å². The minimum atomic E-state index is -4.74. The van der Waals surface area contributed by atoms with Gasteiger partial charge in [-0.1, -0.05) is 13.0 Å². The van der Waals surface area contributed by atoms with Crippen LogP contribution in [0.1, 0.15) is 30.9 Å². The molecule has 1 N–H and O–H groups in total. The summed E-state index contributed by atoms with van der Waals surface area (Å²) in [7, 11) is 0. The Hall–Kier alpha value is -1.83. The molecule has 2 heterocycles. The fraction of sp³-hybridized carbons (Fsp3) is 0.562. The molecule has 132 valence electrons. The summed E-state index contributed by atoms with van der Waals surface area (Å²) in [5, 5.41) is 9.36. The minimum Gasteiger partial charge on any atom is -0.493 e. The highest BCUT2D eigenvalue weighted by Gasteiger charge is 2.66. The third-order valence-electron chi connectivity index (χ3n) is 5.10. The largest absolute Gasteiger partial charge is 0.493 e. The van der Waals surface area contributed by atoms with Crippen molar-refractivity contribution in [2.75, 3.05) is 6.61 Å². The number of hydrogen-bond donors (Lipinski definition) is 1. The van der Waals surface area contributed by atoms with Crippen LogP contribution in [0.3, 0.4) is 0 Å². The molecule has 4 nitrogen and oxygen atoms in total. The van der Waals surface area contributed by atoms with E-state index in [0.717, 1.165) is 13.0 Å². The molecule has 1 aromatic carbocycles. The second-order valence-electron chi connectivity index (χ2n) is 6.34. The van der Waals surface area contributed by atoms with Gasteiger partial charge in [-0.05, 0) is 13.0 Å². The summed E-state index contributed by atoms with van der Waals surface area (Å²) in [6.45, 7) is 2.35. The number of fused-ring (bicyclic) bond motifs is 1. The van der Waals surface area contributed by atoms with E-state index in [-0.39, 0.29) is 23.5 Å². The molecule has 8 heteroatoms. The summed E-state index contributed by atoms with van der Waals surface area (Å²) < 4.78 is 64.5. The average Bonchev–Trinajstić information content (AvgIpc) is 3.05. The Morgan fingerprint density at radius 2 is 2.04 bits per heavy atom. The van der Waals surface area contributed by atoms with Crippen LogP contribution in [0.5, 0.6) is 5.75 Å². The molecule has 0 bridgehead atoms. The fourth-order valence-corrected chi connectivity index (χ4v) is 3.55. The molecule has 0 spiro atoms. The van der Waals surface area contributed by atoms with Gasteiger partial charge in [0.25, 0.3) is 0 Å². The number of benzene rings is 1. The van der Waals surface area contributed by atoms with E-state index in [1.165, 1.54) is 13.0 Å². The molecule has 0 aromatic heterocycles. The number of hydrogen-bond acceptors (Lipinski definition) is 3. The lowest BCUT2D eigenvalue weighted by Gasteiger charge is -2.31. The highest BCUT2D eigenvalue weighted by molar-refractivity contribution is 5.75. The SMILES string of the molecule is CC1C(c2ccc(F)c3c2OCC3)C(C(=O)O)OC1(C)C(F)(F)F. The molecule has 1 fully saturated rings. The summed E-state index contributed by atoms with van der Waals surface area (Å²) in [6, 6.07) is 2.43. The maximum atomic E-state index is 13.8. The van der Waals surface area contributed by atoms with Crippen molar-refractivity contribution in [3.8, 4) is 5.75 Å². The van der Waals surface area contributed by atoms with Crippen LogP contribution < -0.4 is 4.74 Å². The van der Waals surface area contributed by atoms with Gasteiger partial charge in [-0.25, -0.2) is 9.18 Å². The van der Waals surface area contributed by atoms with E-state index in [1.807, 2.05) is 0 Å². The van der Waals surface area contributed by atoms with Crippen molar-refractivity contribution in [1.82, 2.24) is 0 Å². The second-order valence-corrected chi connectivity index (χ2v) is 6.34. The lowest BCUT2D eigenvalue weighted by atomic mass is 9.76. The molecule has 4 atom stereocenters. The lowest BCUT2D eigenvalue weighted by Crippen LogP contribution is -2.47. The minimum absolute atomic E-state index is 0.146. The number of carboxylic acid groups (broad SMARTS) is 1. The molecule has 0 saturated carbocycles. The standard InChI is InChI=1S/C16H16F4O4/c1-7-11(9-3-4-10(17)8-5-6-23-12(8)9)13(14(21)22)24-15(7,2)16(18,19)20/h3-4,7,11,13H,5-6H2,1-2H3,(H,21,22). The monoisotopic (exact) mass is 348 g/mol. The first-order chi connectivity index (χ1) is 11.1. The van der Waals surface area contributed by atoms with Crippen LogP contribution in [-0.4, -0.2) is 35.6 Å². The molecule has 0 radical (unpaired) electrons. The Morgan fingerprint density at radius 3 is 2.62 bits per heavy atom. The maximum Gasteiger partial charge on any atom is 0.417 e. The number of rotatable bonds is 2. The molecule has 4 unspecified atom stereocenters. The van der Waals surface area contributed by atoms with Crippen LogP contribution in [0.25, 0.3) is 0 Å². The molecule has 24 heavy (non-hydrogen) atoms. The van der Waals surface area contributed by atoms with Gasteiger partial charge in [-0.3, -0.25) is 0 Å². The van der Waals surface area contributed by atoms with E-state index < -0.39 is 41.5 Å². The number of alkyl halides is 3. The van der Waals surface area contributed by atoms with Gasteiger partial charge in [0, 0.05) is 29.4 Å². The summed E-state index contributed by atoms with van der Waals surface area (Å²) in [4.78, 5) is 11.5. The van der Waals surface area contributed by atoms with E-state index in [2.05, 4.69) is 0 Å². The zero-order valence-electron chi connectivity index (χ0n) is 13.0. The van der Waals surface area contributed by atoms with Crippen molar-refractivity contribution in [2.24, 2.45) is 5.92 Å². The van der Waals surface area contributed by atoms with Crippen LogP contribution in [0.2, 0.25) is 0 Å².